The van der Waals surface area contributed by atoms with E-state index in [9.17, 15) is 19.2 Å². The lowest BCUT2D eigenvalue weighted by atomic mass is 9.81. The van der Waals surface area contributed by atoms with Gasteiger partial charge in [0.25, 0.3) is 23.6 Å². The normalized spacial score (nSPS) is 14.0. The molecule has 7 nitrogen and oxygen atoms in total. The fourth-order valence-electron chi connectivity index (χ4n) is 12.3. The second kappa shape index (κ2) is 26.1. The fraction of sp³-hybridized carbons (Fsp3) is 0.613. The number of benzene rings is 5. The van der Waals surface area contributed by atoms with E-state index in [1.54, 1.807) is 9.80 Å². The number of anilines is 1. The highest BCUT2D eigenvalue weighted by molar-refractivity contribution is 6.42. The average Bonchev–Trinajstić information content (AvgIpc) is 3.35. The van der Waals surface area contributed by atoms with E-state index < -0.39 is 0 Å². The van der Waals surface area contributed by atoms with Crippen molar-refractivity contribution in [2.45, 2.75) is 245 Å². The van der Waals surface area contributed by atoms with Crippen LogP contribution in [0.25, 0.3) is 43.1 Å². The minimum Gasteiger partial charge on any atom is -0.398 e. The van der Waals surface area contributed by atoms with Gasteiger partial charge in [-0.25, -0.2) is 0 Å². The molecule has 0 saturated heterocycles. The highest BCUT2D eigenvalue weighted by atomic mass is 16.2. The zero-order chi connectivity index (χ0) is 48.7. The molecule has 5 aromatic carbocycles. The third-order valence-electron chi connectivity index (χ3n) is 16.1. The lowest BCUT2D eigenvalue weighted by Crippen LogP contribution is -2.47. The Hall–Kier alpha value is -4.52. The van der Waals surface area contributed by atoms with Crippen molar-refractivity contribution in [2.24, 2.45) is 0 Å². The number of nitrogen functional groups attached to an aromatic ring is 1. The summed E-state index contributed by atoms with van der Waals surface area (Å²) in [6, 6.07) is 13.3. The number of fused-ring (bicyclic) bond motifs is 2. The highest BCUT2D eigenvalue weighted by Gasteiger charge is 2.41. The van der Waals surface area contributed by atoms with Gasteiger partial charge in [0.05, 0.1) is 5.56 Å². The van der Waals surface area contributed by atoms with Gasteiger partial charge in [0.15, 0.2) is 0 Å². The van der Waals surface area contributed by atoms with Gasteiger partial charge in [-0.3, -0.25) is 29.0 Å². The van der Waals surface area contributed by atoms with E-state index in [2.05, 4.69) is 27.7 Å². The third kappa shape index (κ3) is 11.8. The molecular formula is C62H87N3O4. The van der Waals surface area contributed by atoms with Crippen LogP contribution < -0.4 is 5.73 Å². The minimum absolute atomic E-state index is 0.139. The van der Waals surface area contributed by atoms with E-state index in [4.69, 9.17) is 5.73 Å². The van der Waals surface area contributed by atoms with Crippen molar-refractivity contribution in [1.82, 2.24) is 9.80 Å². The topological polar surface area (TPSA) is 101 Å². The number of unbranched alkanes of at least 4 members (excludes halogenated alkanes) is 24. The molecule has 5 aromatic rings. The molecule has 0 unspecified atom stereocenters. The first-order valence-electron chi connectivity index (χ1n) is 28.5. The first kappa shape index (κ1) is 52.3. The molecule has 0 spiro atoms. The predicted molar refractivity (Wildman–Crippen MR) is 291 cm³/mol. The van der Waals surface area contributed by atoms with Crippen LogP contribution in [0.5, 0.6) is 0 Å². The van der Waals surface area contributed by atoms with Crippen LogP contribution in [0.1, 0.15) is 275 Å². The maximum atomic E-state index is 14.9. The largest absolute Gasteiger partial charge is 0.398 e. The lowest BCUT2D eigenvalue weighted by molar-refractivity contribution is 0.0501. The number of rotatable bonds is 34. The number of imide groups is 2. The molecule has 0 aliphatic carbocycles. The van der Waals surface area contributed by atoms with Crippen LogP contribution in [0.15, 0.2) is 42.5 Å². The summed E-state index contributed by atoms with van der Waals surface area (Å²) in [4.78, 5) is 62.8. The number of hydrogen-bond donors (Lipinski definition) is 1. The van der Waals surface area contributed by atoms with Crippen molar-refractivity contribution in [2.75, 3.05) is 5.73 Å². The summed E-state index contributed by atoms with van der Waals surface area (Å²) in [5.74, 6) is -0.848. The van der Waals surface area contributed by atoms with Crippen molar-refractivity contribution in [3.8, 4) is 0 Å². The Balaban J connectivity index is 1.20. The lowest BCUT2D eigenvalue weighted by Gasteiger charge is -2.36. The molecule has 2 aliphatic rings. The summed E-state index contributed by atoms with van der Waals surface area (Å²) < 4.78 is 0. The number of amides is 4. The summed E-state index contributed by atoms with van der Waals surface area (Å²) in [6.07, 6.45) is 36.6. The van der Waals surface area contributed by atoms with Crippen molar-refractivity contribution < 1.29 is 19.2 Å². The Kier molecular flexibility index (Phi) is 19.8. The molecule has 0 fully saturated rings. The van der Waals surface area contributed by atoms with E-state index in [0.29, 0.717) is 38.7 Å². The number of carbonyl (C=O) groups is 4. The molecule has 0 atom stereocenters. The van der Waals surface area contributed by atoms with E-state index in [0.717, 1.165) is 109 Å². The summed E-state index contributed by atoms with van der Waals surface area (Å²) in [7, 11) is 0. The van der Waals surface area contributed by atoms with Crippen LogP contribution in [-0.2, 0) is 0 Å². The van der Waals surface area contributed by atoms with Gasteiger partial charge in [0, 0.05) is 56.0 Å². The molecule has 2 N–H and O–H groups in total. The first-order valence-corrected chi connectivity index (χ1v) is 28.5. The van der Waals surface area contributed by atoms with Gasteiger partial charge in [-0.15, -0.1) is 0 Å². The van der Waals surface area contributed by atoms with Gasteiger partial charge < -0.3 is 5.73 Å². The quantitative estimate of drug-likeness (QED) is 0.0146. The summed E-state index contributed by atoms with van der Waals surface area (Å²) in [6.45, 7) is 8.98. The molecule has 7 rings (SSSR count). The highest BCUT2D eigenvalue weighted by Crippen LogP contribution is 2.49. The molecule has 0 radical (unpaired) electrons. The van der Waals surface area contributed by atoms with Gasteiger partial charge in [-0.2, -0.15) is 0 Å². The third-order valence-corrected chi connectivity index (χ3v) is 16.1. The van der Waals surface area contributed by atoms with Crippen molar-refractivity contribution in [1.29, 1.82) is 0 Å². The maximum absolute atomic E-state index is 14.9. The van der Waals surface area contributed by atoms with E-state index in [-0.39, 0.29) is 35.7 Å². The monoisotopic (exact) mass is 938 g/mol. The van der Waals surface area contributed by atoms with E-state index >= 15 is 0 Å². The zero-order valence-corrected chi connectivity index (χ0v) is 43.4. The van der Waals surface area contributed by atoms with Crippen LogP contribution >= 0.6 is 0 Å². The summed E-state index contributed by atoms with van der Waals surface area (Å²) in [5, 5.41) is 6.42. The smallest absolute Gasteiger partial charge is 0.261 e. The zero-order valence-electron chi connectivity index (χ0n) is 43.4. The molecule has 0 bridgehead atoms. The van der Waals surface area contributed by atoms with Gasteiger partial charge in [-0.05, 0) is 71.5 Å². The van der Waals surface area contributed by atoms with E-state index in [1.807, 2.05) is 42.5 Å². The van der Waals surface area contributed by atoms with Crippen molar-refractivity contribution >= 4 is 72.4 Å². The van der Waals surface area contributed by atoms with Crippen LogP contribution in [0.2, 0.25) is 0 Å². The molecule has 0 aromatic heterocycles. The second-order valence-corrected chi connectivity index (χ2v) is 21.3. The Morgan fingerprint density at radius 3 is 0.986 bits per heavy atom. The van der Waals surface area contributed by atoms with Crippen LogP contribution in [0.3, 0.4) is 0 Å². The summed E-state index contributed by atoms with van der Waals surface area (Å²) in [5.41, 5.74) is 9.77. The Morgan fingerprint density at radius 1 is 0.333 bits per heavy atom. The molecular weight excluding hydrogens is 851 g/mol. The fourth-order valence-corrected chi connectivity index (χ4v) is 12.3. The minimum atomic E-state index is -0.242. The predicted octanol–water partition coefficient (Wildman–Crippen LogP) is 17.8. The Morgan fingerprint density at radius 2 is 0.623 bits per heavy atom. The molecule has 2 heterocycles. The SMILES string of the molecule is CCCCCCCCCC(CCCCCCCCC)N1C(=O)c2ccc3c4ccc5c6c(cc(N)c(c7ccc(c2c37)C1=O)c64)C(=O)N(C(CCCCCCCCC)CCCCCCCCC)C5=O. The van der Waals surface area contributed by atoms with Crippen LogP contribution in [0.4, 0.5) is 5.69 Å². The number of nitrogens with zero attached hydrogens (tertiary/aromatic N) is 2. The molecule has 2 aliphatic heterocycles. The second-order valence-electron chi connectivity index (χ2n) is 21.3. The van der Waals surface area contributed by atoms with Gasteiger partial charge in [0.2, 0.25) is 0 Å². The molecule has 374 valence electrons. The molecule has 69 heavy (non-hydrogen) atoms. The van der Waals surface area contributed by atoms with Gasteiger partial charge >= 0.3 is 0 Å². The number of hydrogen-bond acceptors (Lipinski definition) is 5. The van der Waals surface area contributed by atoms with Gasteiger partial charge in [0.1, 0.15) is 0 Å². The Bertz CT molecular complexity index is 2450. The van der Waals surface area contributed by atoms with Gasteiger partial charge in [-0.1, -0.05) is 226 Å². The molecule has 7 heteroatoms. The summed E-state index contributed by atoms with van der Waals surface area (Å²) >= 11 is 0. The van der Waals surface area contributed by atoms with Crippen LogP contribution in [-0.4, -0.2) is 45.5 Å². The number of nitrogens with two attached hydrogens (primary N) is 1. The van der Waals surface area contributed by atoms with E-state index in [1.165, 1.54) is 128 Å². The van der Waals surface area contributed by atoms with Crippen molar-refractivity contribution in [3.63, 3.8) is 0 Å². The van der Waals surface area contributed by atoms with Crippen molar-refractivity contribution in [3.05, 3.63) is 64.7 Å². The maximum Gasteiger partial charge on any atom is 0.261 e. The molecule has 0 saturated carbocycles. The number of carbonyl (C=O) groups excluding carboxylic acids is 4. The van der Waals surface area contributed by atoms with Crippen LogP contribution in [0, 0.1) is 0 Å². The standard InChI is InChI=1S/C62H87N3O4/c1-5-9-13-17-21-25-29-33-44(34-30-26-22-18-14-10-6-2)64-59(66)49-40-37-46-47-38-41-51-56-52(43-53(63)57(58(47)56)48-39-42-50(60(64)67)55(49)54(46)48)62(69)65(61(51)68)45(35-31-27-23-19-15-11-7-3)36-32-28-24-20-16-12-8-4/h37-45H,5-36,63H2,1-4H3. The Labute approximate surface area is 415 Å². The first-order chi connectivity index (χ1) is 33.8. The molecule has 4 amide bonds. The average molecular weight is 938 g/mol.